The number of nitrogens with two attached hydrogens (primary N) is 1. The van der Waals surface area contributed by atoms with E-state index in [1.165, 1.54) is 18.2 Å². The number of hydrogen-bond acceptors (Lipinski definition) is 8. The van der Waals surface area contributed by atoms with E-state index in [2.05, 4.69) is 0 Å². The fourth-order valence-electron chi connectivity index (χ4n) is 3.49. The Labute approximate surface area is 198 Å². The molecule has 1 aliphatic rings. The highest BCUT2D eigenvalue weighted by molar-refractivity contribution is 6.32. The van der Waals surface area contributed by atoms with E-state index in [0.29, 0.717) is 21.9 Å². The van der Waals surface area contributed by atoms with Gasteiger partial charge in [-0.3, -0.25) is 10.1 Å². The molecule has 0 saturated heterocycles. The summed E-state index contributed by atoms with van der Waals surface area (Å²) in [5.74, 6) is -0.558. The number of nitrogens with zero attached hydrogens (tertiary/aromatic N) is 2. The number of nitriles is 1. The third kappa shape index (κ3) is 4.62. The largest absolute Gasteiger partial charge is 0.480 e. The third-order valence-electron chi connectivity index (χ3n) is 5.04. The Hall–Kier alpha value is -4.55. The molecule has 0 radical (unpaired) electrons. The van der Waals surface area contributed by atoms with Gasteiger partial charge in [0.1, 0.15) is 28.9 Å². The lowest BCUT2D eigenvalue weighted by Gasteiger charge is -2.26. The summed E-state index contributed by atoms with van der Waals surface area (Å²) < 4.78 is 16.3. The smallest absolute Gasteiger partial charge is 0.349 e. The number of benzene rings is 3. The van der Waals surface area contributed by atoms with E-state index in [4.69, 9.17) is 31.5 Å². The van der Waals surface area contributed by atoms with Gasteiger partial charge < -0.3 is 19.9 Å². The topological polar surface area (TPSA) is 138 Å². The second-order valence-electron chi connectivity index (χ2n) is 7.17. The molecule has 3 aromatic carbocycles. The molecule has 0 bridgehead atoms. The van der Waals surface area contributed by atoms with Crippen LogP contribution >= 0.6 is 11.6 Å². The fourth-order valence-corrected chi connectivity index (χ4v) is 3.68. The van der Waals surface area contributed by atoms with Crippen molar-refractivity contribution in [3.05, 3.63) is 104 Å². The number of halogens is 1. The molecule has 170 valence electrons. The first-order valence-electron chi connectivity index (χ1n) is 9.91. The molecule has 2 N–H and O–H groups in total. The molecule has 1 aliphatic heterocycles. The number of carbonyl (C=O) groups is 1. The van der Waals surface area contributed by atoms with Crippen LogP contribution in [0.2, 0.25) is 5.02 Å². The molecular formula is C24H16ClN3O6. The molecular weight excluding hydrogens is 462 g/mol. The van der Waals surface area contributed by atoms with Gasteiger partial charge in [-0.2, -0.15) is 5.26 Å². The number of rotatable bonds is 6. The summed E-state index contributed by atoms with van der Waals surface area (Å²) in [4.78, 5) is 22.7. The van der Waals surface area contributed by atoms with Crippen LogP contribution < -0.4 is 19.9 Å². The summed E-state index contributed by atoms with van der Waals surface area (Å²) in [6.45, 7) is -0.367. The summed E-state index contributed by atoms with van der Waals surface area (Å²) in [7, 11) is 0. The van der Waals surface area contributed by atoms with Crippen LogP contribution in [0.4, 0.5) is 5.69 Å². The molecule has 0 fully saturated rings. The Kier molecular flexibility index (Phi) is 6.34. The minimum atomic E-state index is -0.663. The Morgan fingerprint density at radius 1 is 1.18 bits per heavy atom. The summed E-state index contributed by atoms with van der Waals surface area (Å²) in [5.41, 5.74) is 7.27. The van der Waals surface area contributed by atoms with E-state index in [1.54, 1.807) is 48.5 Å². The quantitative estimate of drug-likeness (QED) is 0.238. The maximum atomic E-state index is 12.2. The second kappa shape index (κ2) is 9.52. The molecule has 4 rings (SSSR count). The van der Waals surface area contributed by atoms with Gasteiger partial charge in [0.25, 0.3) is 5.69 Å². The molecule has 1 atom stereocenters. The van der Waals surface area contributed by atoms with Gasteiger partial charge in [-0.15, -0.1) is 0 Å². The van der Waals surface area contributed by atoms with E-state index in [1.807, 2.05) is 6.07 Å². The molecule has 0 aromatic heterocycles. The van der Waals surface area contributed by atoms with Gasteiger partial charge in [-0.25, -0.2) is 4.79 Å². The maximum absolute atomic E-state index is 12.2. The highest BCUT2D eigenvalue weighted by Crippen LogP contribution is 2.43. The molecule has 1 heterocycles. The van der Waals surface area contributed by atoms with E-state index in [9.17, 15) is 20.2 Å². The number of hydrogen-bond donors (Lipinski definition) is 1. The normalized spacial score (nSPS) is 14.4. The zero-order valence-electron chi connectivity index (χ0n) is 17.4. The minimum Gasteiger partial charge on any atom is -0.480 e. The summed E-state index contributed by atoms with van der Waals surface area (Å²) >= 11 is 6.01. The van der Waals surface area contributed by atoms with Crippen molar-refractivity contribution in [2.75, 3.05) is 6.61 Å². The van der Waals surface area contributed by atoms with E-state index >= 15 is 0 Å². The average Bonchev–Trinajstić information content (AvgIpc) is 2.82. The van der Waals surface area contributed by atoms with E-state index < -0.39 is 16.8 Å². The van der Waals surface area contributed by atoms with E-state index in [0.717, 1.165) is 0 Å². The number of fused-ring (bicyclic) bond motifs is 1. The highest BCUT2D eigenvalue weighted by atomic mass is 35.5. The SMILES string of the molecule is N#CC1=C(N)Oc2cc(OC(=O)COc3ccccc3Cl)ccc2C1c1ccc([N+](=O)[O-])cc1. The standard InChI is InChI=1S/C24H16ClN3O6/c25-19-3-1-2-4-20(19)32-13-22(29)33-16-9-10-17-21(11-16)34-24(27)18(12-26)23(17)14-5-7-15(8-6-14)28(30)31/h1-11,23H,13,27H2. The van der Waals surface area contributed by atoms with Gasteiger partial charge >= 0.3 is 5.97 Å². The summed E-state index contributed by atoms with van der Waals surface area (Å²) in [6.07, 6.45) is 0. The van der Waals surface area contributed by atoms with Crippen LogP contribution in [0, 0.1) is 21.4 Å². The van der Waals surface area contributed by atoms with Crippen LogP contribution in [0.5, 0.6) is 17.2 Å². The first-order valence-corrected chi connectivity index (χ1v) is 10.3. The first kappa shape index (κ1) is 22.6. The van der Waals surface area contributed by atoms with Crippen LogP contribution in [0.25, 0.3) is 0 Å². The number of non-ortho nitro benzene ring substituents is 1. The number of nitro benzene ring substituents is 1. The zero-order chi connectivity index (χ0) is 24.2. The van der Waals surface area contributed by atoms with Gasteiger partial charge in [0.05, 0.1) is 15.9 Å². The molecule has 0 aliphatic carbocycles. The van der Waals surface area contributed by atoms with Crippen molar-refractivity contribution in [2.45, 2.75) is 5.92 Å². The van der Waals surface area contributed by atoms with Gasteiger partial charge in [-0.05, 0) is 23.8 Å². The van der Waals surface area contributed by atoms with Gasteiger partial charge in [0, 0.05) is 23.8 Å². The first-order chi connectivity index (χ1) is 16.4. The van der Waals surface area contributed by atoms with Gasteiger partial charge in [0.2, 0.25) is 5.88 Å². The molecule has 0 amide bonds. The molecule has 34 heavy (non-hydrogen) atoms. The lowest BCUT2D eigenvalue weighted by Crippen LogP contribution is -2.21. The average molecular weight is 478 g/mol. The number of ether oxygens (including phenoxy) is 3. The highest BCUT2D eigenvalue weighted by Gasteiger charge is 2.31. The predicted octanol–water partition coefficient (Wildman–Crippen LogP) is 4.45. The molecule has 0 saturated carbocycles. The van der Waals surface area contributed by atoms with Crippen molar-refractivity contribution < 1.29 is 23.9 Å². The monoisotopic (exact) mass is 477 g/mol. The number of nitro groups is 1. The van der Waals surface area contributed by atoms with Crippen LogP contribution in [0.15, 0.2) is 78.2 Å². The lowest BCUT2D eigenvalue weighted by atomic mass is 9.83. The van der Waals surface area contributed by atoms with Crippen molar-refractivity contribution in [1.29, 1.82) is 5.26 Å². The minimum absolute atomic E-state index is 0.0761. The zero-order valence-corrected chi connectivity index (χ0v) is 18.2. The number of allylic oxidation sites excluding steroid dienone is 1. The molecule has 9 nitrogen and oxygen atoms in total. The Morgan fingerprint density at radius 2 is 1.91 bits per heavy atom. The Balaban J connectivity index is 1.56. The van der Waals surface area contributed by atoms with Crippen molar-refractivity contribution in [2.24, 2.45) is 5.73 Å². The summed E-state index contributed by atoms with van der Waals surface area (Å²) in [5, 5.41) is 21.0. The molecule has 0 spiro atoms. The predicted molar refractivity (Wildman–Crippen MR) is 121 cm³/mol. The van der Waals surface area contributed by atoms with Gasteiger partial charge in [0.15, 0.2) is 6.61 Å². The molecule has 1 unspecified atom stereocenters. The van der Waals surface area contributed by atoms with Crippen molar-refractivity contribution in [3.63, 3.8) is 0 Å². The van der Waals surface area contributed by atoms with Crippen molar-refractivity contribution in [1.82, 2.24) is 0 Å². The van der Waals surface area contributed by atoms with Crippen LogP contribution in [0.1, 0.15) is 17.0 Å². The Bertz CT molecular complexity index is 1350. The maximum Gasteiger partial charge on any atom is 0.349 e. The van der Waals surface area contributed by atoms with E-state index in [-0.39, 0.29) is 35.2 Å². The molecule has 3 aromatic rings. The van der Waals surface area contributed by atoms with Crippen molar-refractivity contribution in [3.8, 4) is 23.3 Å². The lowest BCUT2D eigenvalue weighted by molar-refractivity contribution is -0.384. The van der Waals surface area contributed by atoms with Crippen LogP contribution in [-0.4, -0.2) is 17.5 Å². The molecule has 10 heteroatoms. The van der Waals surface area contributed by atoms with Gasteiger partial charge in [-0.1, -0.05) is 41.9 Å². The van der Waals surface area contributed by atoms with Crippen LogP contribution in [-0.2, 0) is 4.79 Å². The summed E-state index contributed by atoms with van der Waals surface area (Å²) in [6, 6.07) is 19.3. The number of esters is 1. The second-order valence-corrected chi connectivity index (χ2v) is 7.57. The third-order valence-corrected chi connectivity index (χ3v) is 5.35. The van der Waals surface area contributed by atoms with Crippen molar-refractivity contribution >= 4 is 23.3 Å². The fraction of sp³-hybridized carbons (Fsp3) is 0.0833. The number of para-hydroxylation sites is 1. The number of carbonyl (C=O) groups excluding carboxylic acids is 1. The Morgan fingerprint density at radius 3 is 2.59 bits per heavy atom. The van der Waals surface area contributed by atoms with Crippen LogP contribution in [0.3, 0.4) is 0 Å².